The normalized spacial score (nSPS) is 21.3. The van der Waals surface area contributed by atoms with Gasteiger partial charge in [0.25, 0.3) is 0 Å². The number of carbonyl (C=O) groups excluding carboxylic acids is 1. The maximum Gasteiger partial charge on any atom is 0.317 e. The van der Waals surface area contributed by atoms with E-state index in [0.717, 1.165) is 38.3 Å². The second kappa shape index (κ2) is 11.5. The van der Waals surface area contributed by atoms with Gasteiger partial charge in [0, 0.05) is 32.2 Å². The molecule has 0 saturated carbocycles. The number of rotatable bonds is 9. The Bertz CT molecular complexity index is 975. The summed E-state index contributed by atoms with van der Waals surface area (Å²) in [6.07, 6.45) is 2.22. The minimum Gasteiger partial charge on any atom is -0.492 e. The van der Waals surface area contributed by atoms with E-state index in [2.05, 4.69) is 22.3 Å². The summed E-state index contributed by atoms with van der Waals surface area (Å²) < 4.78 is 11.6. The molecule has 2 aliphatic heterocycles. The average molecular weight is 508 g/mol. The zero-order valence-electron chi connectivity index (χ0n) is 19.1. The van der Waals surface area contributed by atoms with Crippen molar-refractivity contribution in [3.63, 3.8) is 0 Å². The Morgan fingerprint density at radius 3 is 2.50 bits per heavy atom. The van der Waals surface area contributed by atoms with E-state index in [9.17, 15) is 9.90 Å². The molecule has 184 valence electrons. The Balaban J connectivity index is 1.21. The molecule has 2 N–H and O–H groups in total. The van der Waals surface area contributed by atoms with Crippen molar-refractivity contribution in [2.24, 2.45) is 0 Å². The highest BCUT2D eigenvalue weighted by Gasteiger charge is 2.31. The number of hydrogen-bond acceptors (Lipinski definition) is 5. The lowest BCUT2D eigenvalue weighted by molar-refractivity contribution is -0.0168. The van der Waals surface area contributed by atoms with E-state index in [4.69, 9.17) is 32.7 Å². The van der Waals surface area contributed by atoms with Gasteiger partial charge >= 0.3 is 6.03 Å². The number of urea groups is 1. The largest absolute Gasteiger partial charge is 0.492 e. The van der Waals surface area contributed by atoms with Crippen LogP contribution in [0.15, 0.2) is 42.5 Å². The van der Waals surface area contributed by atoms with Crippen LogP contribution in [0.2, 0.25) is 10.0 Å². The predicted octanol–water partition coefficient (Wildman–Crippen LogP) is 4.19. The monoisotopic (exact) mass is 507 g/mol. The number of carbonyl (C=O) groups is 1. The van der Waals surface area contributed by atoms with Crippen LogP contribution in [0, 0.1) is 0 Å². The van der Waals surface area contributed by atoms with Gasteiger partial charge in [0.1, 0.15) is 24.7 Å². The third-order valence-electron chi connectivity index (χ3n) is 6.31. The molecule has 2 fully saturated rings. The van der Waals surface area contributed by atoms with Crippen LogP contribution in [0.4, 0.5) is 4.79 Å². The van der Waals surface area contributed by atoms with Gasteiger partial charge in [0.05, 0.1) is 22.2 Å². The van der Waals surface area contributed by atoms with Crippen LogP contribution in [-0.2, 0) is 6.54 Å². The van der Waals surface area contributed by atoms with E-state index in [0.29, 0.717) is 48.3 Å². The van der Waals surface area contributed by atoms with E-state index in [1.165, 1.54) is 5.56 Å². The first-order chi connectivity index (χ1) is 16.4. The molecule has 7 nitrogen and oxygen atoms in total. The van der Waals surface area contributed by atoms with Crippen molar-refractivity contribution in [2.75, 3.05) is 45.9 Å². The number of aliphatic hydroxyl groups is 1. The Morgan fingerprint density at radius 2 is 1.76 bits per heavy atom. The summed E-state index contributed by atoms with van der Waals surface area (Å²) in [6, 6.07) is 13.2. The van der Waals surface area contributed by atoms with Crippen LogP contribution in [0.25, 0.3) is 0 Å². The summed E-state index contributed by atoms with van der Waals surface area (Å²) in [4.78, 5) is 15.7. The van der Waals surface area contributed by atoms with E-state index < -0.39 is 5.60 Å². The van der Waals surface area contributed by atoms with Crippen LogP contribution >= 0.6 is 23.2 Å². The first kappa shape index (κ1) is 24.9. The summed E-state index contributed by atoms with van der Waals surface area (Å²) in [5.74, 6) is 1.41. The molecular weight excluding hydrogens is 477 g/mol. The molecule has 0 radical (unpaired) electrons. The molecule has 2 aliphatic rings. The molecule has 2 aromatic carbocycles. The van der Waals surface area contributed by atoms with Crippen molar-refractivity contribution >= 4 is 29.2 Å². The number of likely N-dealkylation sites (tertiary alicyclic amines) is 1. The fraction of sp³-hybridized carbons (Fsp3) is 0.480. The van der Waals surface area contributed by atoms with E-state index >= 15 is 0 Å². The zero-order valence-corrected chi connectivity index (χ0v) is 20.7. The van der Waals surface area contributed by atoms with Gasteiger partial charge in [0.2, 0.25) is 0 Å². The van der Waals surface area contributed by atoms with Gasteiger partial charge in [-0.25, -0.2) is 4.79 Å². The summed E-state index contributed by atoms with van der Waals surface area (Å²) in [7, 11) is 0. The highest BCUT2D eigenvalue weighted by Crippen LogP contribution is 2.29. The Hall–Kier alpha value is -2.19. The fourth-order valence-corrected chi connectivity index (χ4v) is 4.56. The van der Waals surface area contributed by atoms with Gasteiger partial charge in [-0.1, -0.05) is 35.3 Å². The summed E-state index contributed by atoms with van der Waals surface area (Å²) in [6.45, 7) is 5.24. The summed E-state index contributed by atoms with van der Waals surface area (Å²) >= 11 is 12.0. The van der Waals surface area contributed by atoms with Crippen LogP contribution in [0.3, 0.4) is 0 Å². The molecule has 2 saturated heterocycles. The van der Waals surface area contributed by atoms with E-state index in [1.54, 1.807) is 23.1 Å². The van der Waals surface area contributed by atoms with Crippen LogP contribution in [-0.4, -0.2) is 72.5 Å². The van der Waals surface area contributed by atoms with Crippen molar-refractivity contribution in [1.82, 2.24) is 15.1 Å². The summed E-state index contributed by atoms with van der Waals surface area (Å²) in [5, 5.41) is 14.8. The number of nitrogens with zero attached hydrogens (tertiary/aromatic N) is 2. The Morgan fingerprint density at radius 1 is 0.971 bits per heavy atom. The second-order valence-electron chi connectivity index (χ2n) is 8.93. The van der Waals surface area contributed by atoms with Crippen LogP contribution in [0.1, 0.15) is 24.8 Å². The first-order valence-corrected chi connectivity index (χ1v) is 12.4. The second-order valence-corrected chi connectivity index (χ2v) is 9.74. The van der Waals surface area contributed by atoms with Crippen LogP contribution in [0.5, 0.6) is 11.5 Å². The highest BCUT2D eigenvalue weighted by atomic mass is 35.5. The predicted molar refractivity (Wildman–Crippen MR) is 133 cm³/mol. The van der Waals surface area contributed by atoms with Crippen molar-refractivity contribution in [3.05, 3.63) is 58.1 Å². The summed E-state index contributed by atoms with van der Waals surface area (Å²) in [5.41, 5.74) is 0.328. The molecule has 9 heteroatoms. The topological polar surface area (TPSA) is 74.3 Å². The van der Waals surface area contributed by atoms with Crippen LogP contribution < -0.4 is 14.8 Å². The lowest BCUT2D eigenvalue weighted by Crippen LogP contribution is -2.37. The van der Waals surface area contributed by atoms with Gasteiger partial charge in [-0.05, 0) is 55.6 Å². The molecule has 0 aliphatic carbocycles. The number of amides is 2. The van der Waals surface area contributed by atoms with Crippen molar-refractivity contribution < 1.29 is 19.4 Å². The van der Waals surface area contributed by atoms with Crippen molar-refractivity contribution in [1.29, 1.82) is 0 Å². The minimum absolute atomic E-state index is 0.0239. The maximum atomic E-state index is 11.6. The Kier molecular flexibility index (Phi) is 8.42. The molecule has 0 bridgehead atoms. The molecule has 2 heterocycles. The highest BCUT2D eigenvalue weighted by molar-refractivity contribution is 6.42. The maximum absolute atomic E-state index is 11.6. The number of nitrogens with one attached hydrogen (secondary N) is 1. The van der Waals surface area contributed by atoms with Crippen molar-refractivity contribution in [2.45, 2.75) is 31.4 Å². The molecule has 4 rings (SSSR count). The standard InChI is InChI=1S/C25H31Cl2N3O4/c26-22-7-6-21(16-23(22)27)34-18-25(32)8-1-11-29(12-9-25)17-19-2-4-20(5-3-19)33-15-14-30-13-10-28-24(30)31/h2-7,16,32H,1,8-15,17-18H2,(H,28,31). The van der Waals surface area contributed by atoms with Gasteiger partial charge in [-0.15, -0.1) is 0 Å². The minimum atomic E-state index is -0.870. The lowest BCUT2D eigenvalue weighted by atomic mass is 9.96. The average Bonchev–Trinajstić information content (AvgIpc) is 3.14. The molecule has 34 heavy (non-hydrogen) atoms. The molecular formula is C25H31Cl2N3O4. The van der Waals surface area contributed by atoms with Gasteiger partial charge in [-0.2, -0.15) is 0 Å². The van der Waals surface area contributed by atoms with E-state index in [-0.39, 0.29) is 12.6 Å². The van der Waals surface area contributed by atoms with Gasteiger partial charge < -0.3 is 24.8 Å². The van der Waals surface area contributed by atoms with Gasteiger partial charge in [0.15, 0.2) is 0 Å². The van der Waals surface area contributed by atoms with Crippen molar-refractivity contribution in [3.8, 4) is 11.5 Å². The molecule has 0 spiro atoms. The number of ether oxygens (including phenoxy) is 2. The first-order valence-electron chi connectivity index (χ1n) is 11.7. The number of halogens is 2. The SMILES string of the molecule is O=C1NCCN1CCOc1ccc(CN2CCCC(O)(COc3ccc(Cl)c(Cl)c3)CC2)cc1. The zero-order chi connectivity index (χ0) is 24.0. The van der Waals surface area contributed by atoms with Gasteiger partial charge in [-0.3, -0.25) is 4.90 Å². The number of benzene rings is 2. The molecule has 2 aromatic rings. The number of hydrogen-bond donors (Lipinski definition) is 2. The molecule has 2 amide bonds. The lowest BCUT2D eigenvalue weighted by Gasteiger charge is -2.27. The smallest absolute Gasteiger partial charge is 0.317 e. The Labute approximate surface area is 210 Å². The van der Waals surface area contributed by atoms with E-state index in [1.807, 2.05) is 12.1 Å². The fourth-order valence-electron chi connectivity index (χ4n) is 4.27. The third kappa shape index (κ3) is 6.92. The molecule has 1 atom stereocenters. The molecule has 1 unspecified atom stereocenters. The molecule has 0 aromatic heterocycles. The third-order valence-corrected chi connectivity index (χ3v) is 7.05. The quantitative estimate of drug-likeness (QED) is 0.532.